The van der Waals surface area contributed by atoms with Crippen molar-refractivity contribution in [3.05, 3.63) is 53.6 Å². The van der Waals surface area contributed by atoms with Gasteiger partial charge in [-0.05, 0) is 50.3 Å². The second-order valence-corrected chi connectivity index (χ2v) is 8.33. The molecule has 1 N–H and O–H groups in total. The number of aliphatic hydroxyl groups excluding tert-OH is 1. The number of benzene rings is 2. The monoisotopic (exact) mass is 413 g/mol. The average molecular weight is 414 g/mol. The van der Waals surface area contributed by atoms with Gasteiger partial charge in [0.25, 0.3) is 0 Å². The number of aryl methyl sites for hydroxylation is 1. The molecule has 5 heteroatoms. The third-order valence-corrected chi connectivity index (χ3v) is 6.27. The predicted octanol–water partition coefficient (Wildman–Crippen LogP) is 4.31. The standard InChI is InChI=1S/C25H35NO4/c1-28-22-16-24(30-3)23(29-2)15-21(22)17-26-14-8-13-25(18-26,19-27)12-7-11-20-9-5-4-6-10-20/h4-6,9-10,15-16,27H,7-8,11-14,17-19H2,1-3H3/t25-/m0/s1. The van der Waals surface area contributed by atoms with Gasteiger partial charge < -0.3 is 19.3 Å². The Kier molecular flexibility index (Phi) is 8.00. The molecule has 0 saturated carbocycles. The van der Waals surface area contributed by atoms with Crippen molar-refractivity contribution in [2.75, 3.05) is 41.0 Å². The molecule has 1 saturated heterocycles. The minimum atomic E-state index is -0.0309. The molecule has 2 aromatic carbocycles. The Balaban J connectivity index is 1.67. The number of piperidine rings is 1. The van der Waals surface area contributed by atoms with Crippen LogP contribution in [0.1, 0.15) is 36.8 Å². The highest BCUT2D eigenvalue weighted by Crippen LogP contribution is 2.38. The van der Waals surface area contributed by atoms with Gasteiger partial charge in [-0.25, -0.2) is 0 Å². The van der Waals surface area contributed by atoms with E-state index in [1.54, 1.807) is 21.3 Å². The van der Waals surface area contributed by atoms with Crippen LogP contribution in [0.3, 0.4) is 0 Å². The molecule has 1 heterocycles. The molecule has 1 fully saturated rings. The van der Waals surface area contributed by atoms with Gasteiger partial charge in [0, 0.05) is 36.7 Å². The molecule has 164 valence electrons. The van der Waals surface area contributed by atoms with E-state index >= 15 is 0 Å². The number of rotatable bonds is 10. The van der Waals surface area contributed by atoms with Crippen LogP contribution in [0.2, 0.25) is 0 Å². The fraction of sp³-hybridized carbons (Fsp3) is 0.520. The van der Waals surface area contributed by atoms with E-state index in [1.165, 1.54) is 5.56 Å². The molecular weight excluding hydrogens is 378 g/mol. The first-order valence-electron chi connectivity index (χ1n) is 10.8. The van der Waals surface area contributed by atoms with Crippen LogP contribution < -0.4 is 14.2 Å². The lowest BCUT2D eigenvalue weighted by Crippen LogP contribution is -2.45. The van der Waals surface area contributed by atoms with Gasteiger partial charge >= 0.3 is 0 Å². The quantitative estimate of drug-likeness (QED) is 0.629. The third kappa shape index (κ3) is 5.46. The van der Waals surface area contributed by atoms with Crippen LogP contribution in [0.5, 0.6) is 17.2 Å². The number of nitrogens with zero attached hydrogens (tertiary/aromatic N) is 1. The van der Waals surface area contributed by atoms with Crippen molar-refractivity contribution in [1.82, 2.24) is 4.90 Å². The average Bonchev–Trinajstić information content (AvgIpc) is 2.79. The molecule has 0 spiro atoms. The van der Waals surface area contributed by atoms with E-state index in [9.17, 15) is 5.11 Å². The molecule has 0 unspecified atom stereocenters. The molecule has 1 atom stereocenters. The molecule has 0 radical (unpaired) electrons. The third-order valence-electron chi connectivity index (χ3n) is 6.27. The lowest BCUT2D eigenvalue weighted by Gasteiger charge is -2.42. The minimum Gasteiger partial charge on any atom is -0.496 e. The van der Waals surface area contributed by atoms with Crippen molar-refractivity contribution in [3.63, 3.8) is 0 Å². The zero-order valence-electron chi connectivity index (χ0n) is 18.5. The SMILES string of the molecule is COc1cc(OC)c(OC)cc1CN1CCC[C@@](CO)(CCCc2ccccc2)C1. The summed E-state index contributed by atoms with van der Waals surface area (Å²) < 4.78 is 16.5. The highest BCUT2D eigenvalue weighted by atomic mass is 16.5. The number of likely N-dealkylation sites (tertiary alicyclic amines) is 1. The van der Waals surface area contributed by atoms with E-state index in [1.807, 2.05) is 12.1 Å². The highest BCUT2D eigenvalue weighted by molar-refractivity contribution is 5.50. The Hall–Kier alpha value is -2.24. The second-order valence-electron chi connectivity index (χ2n) is 8.33. The predicted molar refractivity (Wildman–Crippen MR) is 120 cm³/mol. The van der Waals surface area contributed by atoms with Crippen molar-refractivity contribution in [1.29, 1.82) is 0 Å². The summed E-state index contributed by atoms with van der Waals surface area (Å²) >= 11 is 0. The molecule has 0 aliphatic carbocycles. The van der Waals surface area contributed by atoms with Crippen molar-refractivity contribution in [3.8, 4) is 17.2 Å². The van der Waals surface area contributed by atoms with Crippen LogP contribution in [0.15, 0.2) is 42.5 Å². The Labute approximate surface area is 180 Å². The molecule has 3 rings (SSSR count). The first-order valence-corrected chi connectivity index (χ1v) is 10.8. The summed E-state index contributed by atoms with van der Waals surface area (Å²) in [7, 11) is 4.97. The van der Waals surface area contributed by atoms with Crippen molar-refractivity contribution >= 4 is 0 Å². The van der Waals surface area contributed by atoms with Crippen LogP contribution in [0.25, 0.3) is 0 Å². The van der Waals surface area contributed by atoms with E-state index in [0.717, 1.165) is 63.1 Å². The first kappa shape index (κ1) is 22.4. The summed E-state index contributed by atoms with van der Waals surface area (Å²) in [6, 6.07) is 14.5. The molecule has 2 aromatic rings. The summed E-state index contributed by atoms with van der Waals surface area (Å²) in [5, 5.41) is 10.3. The van der Waals surface area contributed by atoms with E-state index in [4.69, 9.17) is 14.2 Å². The number of methoxy groups -OCH3 is 3. The minimum absolute atomic E-state index is 0.0309. The fourth-order valence-corrected chi connectivity index (χ4v) is 4.63. The van der Waals surface area contributed by atoms with Gasteiger partial charge in [0.1, 0.15) is 5.75 Å². The largest absolute Gasteiger partial charge is 0.496 e. The number of hydrogen-bond acceptors (Lipinski definition) is 5. The fourth-order valence-electron chi connectivity index (χ4n) is 4.63. The number of hydrogen-bond donors (Lipinski definition) is 1. The van der Waals surface area contributed by atoms with Crippen LogP contribution >= 0.6 is 0 Å². The topological polar surface area (TPSA) is 51.2 Å². The molecule has 1 aliphatic rings. The van der Waals surface area contributed by atoms with Gasteiger partial charge in [0.15, 0.2) is 11.5 Å². The van der Waals surface area contributed by atoms with Crippen LogP contribution in [-0.4, -0.2) is 51.0 Å². The summed E-state index contributed by atoms with van der Waals surface area (Å²) in [5.41, 5.74) is 2.41. The van der Waals surface area contributed by atoms with Gasteiger partial charge in [0.2, 0.25) is 0 Å². The summed E-state index contributed by atoms with van der Waals surface area (Å²) in [4.78, 5) is 2.44. The van der Waals surface area contributed by atoms with Crippen molar-refractivity contribution in [2.24, 2.45) is 5.41 Å². The van der Waals surface area contributed by atoms with Gasteiger partial charge in [-0.1, -0.05) is 30.3 Å². The van der Waals surface area contributed by atoms with Gasteiger partial charge in [-0.15, -0.1) is 0 Å². The molecular formula is C25H35NO4. The van der Waals surface area contributed by atoms with E-state index in [2.05, 4.69) is 35.2 Å². The summed E-state index contributed by atoms with van der Waals surface area (Å²) in [6.45, 7) is 2.93. The lowest BCUT2D eigenvalue weighted by molar-refractivity contribution is 0.0205. The van der Waals surface area contributed by atoms with Crippen molar-refractivity contribution < 1.29 is 19.3 Å². The normalized spacial score (nSPS) is 19.5. The zero-order valence-corrected chi connectivity index (χ0v) is 18.5. The maximum atomic E-state index is 10.3. The second kappa shape index (κ2) is 10.7. The van der Waals surface area contributed by atoms with Gasteiger partial charge in [0.05, 0.1) is 21.3 Å². The Morgan fingerprint density at radius 2 is 1.67 bits per heavy atom. The van der Waals surface area contributed by atoms with Gasteiger partial charge in [-0.2, -0.15) is 0 Å². The smallest absolute Gasteiger partial charge is 0.164 e. The molecule has 0 aromatic heterocycles. The summed E-state index contributed by atoms with van der Waals surface area (Å²) in [6.07, 6.45) is 5.38. The van der Waals surface area contributed by atoms with Crippen molar-refractivity contribution in [2.45, 2.75) is 38.6 Å². The molecule has 0 bridgehead atoms. The lowest BCUT2D eigenvalue weighted by atomic mass is 9.76. The number of aliphatic hydroxyl groups is 1. The molecule has 30 heavy (non-hydrogen) atoms. The molecule has 5 nitrogen and oxygen atoms in total. The van der Waals surface area contributed by atoms with E-state index in [0.29, 0.717) is 11.5 Å². The van der Waals surface area contributed by atoms with E-state index < -0.39 is 0 Å². The number of ether oxygens (including phenoxy) is 3. The van der Waals surface area contributed by atoms with E-state index in [-0.39, 0.29) is 12.0 Å². The first-order chi connectivity index (χ1) is 14.6. The zero-order chi connectivity index (χ0) is 21.4. The highest BCUT2D eigenvalue weighted by Gasteiger charge is 2.34. The molecule has 1 aliphatic heterocycles. The Morgan fingerprint density at radius 3 is 2.33 bits per heavy atom. The molecule has 0 amide bonds. The Bertz CT molecular complexity index is 795. The van der Waals surface area contributed by atoms with Gasteiger partial charge in [-0.3, -0.25) is 4.90 Å². The summed E-state index contributed by atoms with van der Waals surface area (Å²) in [5.74, 6) is 2.18. The maximum Gasteiger partial charge on any atom is 0.164 e. The van der Waals surface area contributed by atoms with Crippen LogP contribution in [0, 0.1) is 5.41 Å². The maximum absolute atomic E-state index is 10.3. The Morgan fingerprint density at radius 1 is 0.967 bits per heavy atom. The van der Waals surface area contributed by atoms with Crippen LogP contribution in [0.4, 0.5) is 0 Å². The van der Waals surface area contributed by atoms with Crippen LogP contribution in [-0.2, 0) is 13.0 Å².